The van der Waals surface area contributed by atoms with Gasteiger partial charge in [-0.15, -0.1) is 23.1 Å². The van der Waals surface area contributed by atoms with Crippen molar-refractivity contribution in [2.24, 2.45) is 0 Å². The third-order valence-corrected chi connectivity index (χ3v) is 6.38. The summed E-state index contributed by atoms with van der Waals surface area (Å²) in [5.41, 5.74) is 0. The first kappa shape index (κ1) is 16.8. The Hall–Kier alpha value is -2.00. The summed E-state index contributed by atoms with van der Waals surface area (Å²) in [5.74, 6) is -1.38. The average Bonchev–Trinajstić information content (AvgIpc) is 3.09. The van der Waals surface area contributed by atoms with E-state index < -0.39 is 28.8 Å². The van der Waals surface area contributed by atoms with Crippen LogP contribution >= 0.6 is 23.1 Å². The number of hydrogen-bond donors (Lipinski definition) is 3. The molecule has 0 aromatic carbocycles. The van der Waals surface area contributed by atoms with Gasteiger partial charge in [0, 0.05) is 15.8 Å². The van der Waals surface area contributed by atoms with Gasteiger partial charge in [-0.25, -0.2) is 9.59 Å². The average molecular weight is 367 g/mol. The first-order valence-electron chi connectivity index (χ1n) is 7.31. The molecule has 2 fully saturated rings. The Labute approximate surface area is 147 Å². The molecule has 3 heterocycles. The van der Waals surface area contributed by atoms with Gasteiger partial charge in [-0.1, -0.05) is 6.07 Å². The van der Waals surface area contributed by atoms with Crippen LogP contribution in [0.5, 0.6) is 0 Å². The first-order valence-corrected chi connectivity index (χ1v) is 9.07. The molecule has 3 atom stereocenters. The molecule has 1 aromatic rings. The van der Waals surface area contributed by atoms with Gasteiger partial charge >= 0.3 is 12.0 Å². The number of carboxylic acid groups (broad SMARTS) is 1. The van der Waals surface area contributed by atoms with Crippen LogP contribution in [0, 0.1) is 0 Å². The van der Waals surface area contributed by atoms with Crippen LogP contribution in [0.4, 0.5) is 4.79 Å². The van der Waals surface area contributed by atoms with Crippen LogP contribution < -0.4 is 10.6 Å². The van der Waals surface area contributed by atoms with Crippen molar-refractivity contribution in [3.8, 4) is 0 Å². The van der Waals surface area contributed by atoms with Crippen LogP contribution in [0.3, 0.4) is 0 Å². The van der Waals surface area contributed by atoms with E-state index in [9.17, 15) is 19.5 Å². The molecule has 2 saturated heterocycles. The van der Waals surface area contributed by atoms with E-state index in [1.165, 1.54) is 22.9 Å². The van der Waals surface area contributed by atoms with E-state index in [1.807, 2.05) is 17.5 Å². The number of hydrogen-bond acceptors (Lipinski definition) is 5. The molecule has 3 N–H and O–H groups in total. The minimum Gasteiger partial charge on any atom is -0.480 e. The Morgan fingerprint density at radius 2 is 2.17 bits per heavy atom. The highest BCUT2D eigenvalue weighted by atomic mass is 32.2. The monoisotopic (exact) mass is 367 g/mol. The summed E-state index contributed by atoms with van der Waals surface area (Å²) in [6.45, 7) is 3.59. The second kappa shape index (κ2) is 6.14. The van der Waals surface area contributed by atoms with Crippen molar-refractivity contribution >= 4 is 47.1 Å². The zero-order valence-corrected chi connectivity index (χ0v) is 14.7. The third-order valence-electron chi connectivity index (χ3n) is 3.97. The van der Waals surface area contributed by atoms with Crippen molar-refractivity contribution in [1.29, 1.82) is 0 Å². The van der Waals surface area contributed by atoms with Crippen molar-refractivity contribution in [1.82, 2.24) is 15.5 Å². The summed E-state index contributed by atoms with van der Waals surface area (Å²) in [5, 5.41) is 16.1. The fraction of sp³-hybridized carbons (Fsp3) is 0.400. The number of β-lactam (4-membered cyclic amide) rings is 1. The van der Waals surface area contributed by atoms with Crippen molar-refractivity contribution in [2.75, 3.05) is 0 Å². The number of amides is 3. The minimum atomic E-state index is -1.02. The molecule has 0 saturated carbocycles. The quantitative estimate of drug-likeness (QED) is 0.701. The fourth-order valence-electron chi connectivity index (χ4n) is 2.91. The lowest BCUT2D eigenvalue weighted by Gasteiger charge is -2.43. The number of urea groups is 1. The van der Waals surface area contributed by atoms with Crippen LogP contribution in [-0.4, -0.2) is 50.1 Å². The fourth-order valence-corrected chi connectivity index (χ4v) is 5.16. The molecule has 3 amide bonds. The predicted octanol–water partition coefficient (Wildman–Crippen LogP) is 1.53. The second-order valence-corrected chi connectivity index (χ2v) is 8.79. The Bertz CT molecular complexity index is 702. The van der Waals surface area contributed by atoms with Crippen molar-refractivity contribution in [3.05, 3.63) is 28.6 Å². The SMILES string of the molecule is CC1(C)SC2C(NC(=O)N/C=C/c3cccs3)C(=O)N2[C@H]1C(=O)O. The number of aliphatic carboxylic acids is 1. The lowest BCUT2D eigenvalue weighted by atomic mass is 9.96. The maximum atomic E-state index is 12.2. The summed E-state index contributed by atoms with van der Waals surface area (Å²) >= 11 is 2.94. The maximum Gasteiger partial charge on any atom is 0.327 e. The van der Waals surface area contributed by atoms with Crippen LogP contribution in [0.2, 0.25) is 0 Å². The topological polar surface area (TPSA) is 98.7 Å². The summed E-state index contributed by atoms with van der Waals surface area (Å²) < 4.78 is -0.599. The first-order chi connectivity index (χ1) is 11.3. The van der Waals surface area contributed by atoms with Crippen LogP contribution in [0.1, 0.15) is 18.7 Å². The molecule has 2 aliphatic rings. The van der Waals surface area contributed by atoms with Gasteiger partial charge < -0.3 is 20.6 Å². The minimum absolute atomic E-state index is 0.347. The van der Waals surface area contributed by atoms with E-state index in [1.54, 1.807) is 31.3 Å². The van der Waals surface area contributed by atoms with Gasteiger partial charge in [0.25, 0.3) is 0 Å². The maximum absolute atomic E-state index is 12.2. The molecule has 9 heteroatoms. The molecule has 0 radical (unpaired) electrons. The number of carbonyl (C=O) groups is 3. The van der Waals surface area contributed by atoms with Crippen molar-refractivity contribution in [2.45, 2.75) is 36.1 Å². The number of nitrogens with zero attached hydrogens (tertiary/aromatic N) is 1. The molecule has 7 nitrogen and oxygen atoms in total. The lowest BCUT2D eigenvalue weighted by molar-refractivity contribution is -0.159. The zero-order valence-electron chi connectivity index (χ0n) is 13.1. The largest absolute Gasteiger partial charge is 0.480 e. The van der Waals surface area contributed by atoms with Gasteiger partial charge in [0.1, 0.15) is 17.5 Å². The van der Waals surface area contributed by atoms with Crippen LogP contribution in [0.15, 0.2) is 23.7 Å². The zero-order chi connectivity index (χ0) is 17.5. The number of thiophene rings is 1. The van der Waals surface area contributed by atoms with Crippen molar-refractivity contribution in [3.63, 3.8) is 0 Å². The normalized spacial score (nSPS) is 27.7. The van der Waals surface area contributed by atoms with E-state index in [2.05, 4.69) is 10.6 Å². The third kappa shape index (κ3) is 2.89. The van der Waals surface area contributed by atoms with E-state index >= 15 is 0 Å². The molecule has 0 aliphatic carbocycles. The molecule has 3 rings (SSSR count). The Kier molecular flexibility index (Phi) is 4.31. The molecule has 0 bridgehead atoms. The molecule has 0 spiro atoms. The highest BCUT2D eigenvalue weighted by Crippen LogP contribution is 2.50. The predicted molar refractivity (Wildman–Crippen MR) is 92.5 cm³/mol. The van der Waals surface area contributed by atoms with E-state index in [4.69, 9.17) is 0 Å². The molecule has 24 heavy (non-hydrogen) atoms. The molecular weight excluding hydrogens is 350 g/mol. The summed E-state index contributed by atoms with van der Waals surface area (Å²) in [7, 11) is 0. The van der Waals surface area contributed by atoms with Gasteiger partial charge in [0.15, 0.2) is 0 Å². The van der Waals surface area contributed by atoms with Crippen LogP contribution in [-0.2, 0) is 9.59 Å². The number of carboxylic acids is 1. The number of fused-ring (bicyclic) bond motifs is 1. The summed E-state index contributed by atoms with van der Waals surface area (Å²) in [6.07, 6.45) is 3.26. The molecule has 2 unspecified atom stereocenters. The summed E-state index contributed by atoms with van der Waals surface area (Å²) in [6, 6.07) is 1.76. The Morgan fingerprint density at radius 1 is 1.42 bits per heavy atom. The number of rotatable bonds is 4. The smallest absolute Gasteiger partial charge is 0.327 e. The van der Waals surface area contributed by atoms with E-state index in [0.717, 1.165) is 4.88 Å². The molecule has 128 valence electrons. The van der Waals surface area contributed by atoms with Gasteiger partial charge in [-0.05, 0) is 31.4 Å². The molecule has 1 aromatic heterocycles. The number of nitrogens with one attached hydrogen (secondary N) is 2. The number of thioether (sulfide) groups is 1. The van der Waals surface area contributed by atoms with Gasteiger partial charge in [-0.2, -0.15) is 0 Å². The standard InChI is InChI=1S/C15H17N3O4S2/c1-15(2)10(13(20)21)18-11(19)9(12(18)24-15)17-14(22)16-6-5-8-4-3-7-23-8/h3-7,9-10,12H,1-2H3,(H,20,21)(H2,16,17,22)/b6-5+/t9?,10-,12?/m0/s1. The second-order valence-electron chi connectivity index (χ2n) is 6.04. The van der Waals surface area contributed by atoms with E-state index in [0.29, 0.717) is 0 Å². The van der Waals surface area contributed by atoms with Gasteiger partial charge in [-0.3, -0.25) is 4.79 Å². The highest BCUT2D eigenvalue weighted by Gasteiger charge is 2.64. The Morgan fingerprint density at radius 3 is 2.79 bits per heavy atom. The van der Waals surface area contributed by atoms with E-state index in [-0.39, 0.29) is 11.3 Å². The Balaban J connectivity index is 1.58. The van der Waals surface area contributed by atoms with Crippen molar-refractivity contribution < 1.29 is 19.5 Å². The lowest BCUT2D eigenvalue weighted by Crippen LogP contribution is -2.71. The van der Waals surface area contributed by atoms with Gasteiger partial charge in [0.05, 0.1) is 0 Å². The van der Waals surface area contributed by atoms with Gasteiger partial charge in [0.2, 0.25) is 5.91 Å². The van der Waals surface area contributed by atoms with Crippen LogP contribution in [0.25, 0.3) is 6.08 Å². The molecule has 2 aliphatic heterocycles. The highest BCUT2D eigenvalue weighted by molar-refractivity contribution is 8.01. The summed E-state index contributed by atoms with van der Waals surface area (Å²) in [4.78, 5) is 37.9. The molecular formula is C15H17N3O4S2. The number of carbonyl (C=O) groups excluding carboxylic acids is 2.